The molecule has 15 heteroatoms. The average Bonchev–Trinajstić information content (AvgIpc) is 3.80. The summed E-state index contributed by atoms with van der Waals surface area (Å²) in [5.74, 6) is -2.13. The molecule has 1 aliphatic carbocycles. The van der Waals surface area contributed by atoms with Crippen molar-refractivity contribution in [1.82, 2.24) is 34.5 Å². The van der Waals surface area contributed by atoms with Crippen molar-refractivity contribution >= 4 is 47.2 Å². The molecule has 13 nitrogen and oxygen atoms in total. The van der Waals surface area contributed by atoms with Gasteiger partial charge in [0.15, 0.2) is 0 Å². The summed E-state index contributed by atoms with van der Waals surface area (Å²) in [5, 5.41) is 13.6. The molecule has 1 saturated heterocycles. The number of hydrogen-bond acceptors (Lipinski definition) is 9. The number of piperazine rings is 1. The number of anilines is 2. The van der Waals surface area contributed by atoms with Gasteiger partial charge in [-0.2, -0.15) is 5.10 Å². The largest absolute Gasteiger partial charge is 0.339 e. The second kappa shape index (κ2) is 15.6. The van der Waals surface area contributed by atoms with Crippen LogP contribution in [0.25, 0.3) is 0 Å². The van der Waals surface area contributed by atoms with E-state index in [9.17, 15) is 19.2 Å². The zero-order valence-electron chi connectivity index (χ0n) is 27.0. The zero-order chi connectivity index (χ0) is 33.5. The van der Waals surface area contributed by atoms with Gasteiger partial charge >= 0.3 is 0 Å². The van der Waals surface area contributed by atoms with E-state index in [4.69, 9.17) is 0 Å². The van der Waals surface area contributed by atoms with Crippen LogP contribution in [0, 0.1) is 11.7 Å². The number of likely N-dealkylation sites (N-methyl/N-ethyl adjacent to an activating group) is 1. The average molecular weight is 668 g/mol. The zero-order valence-corrected chi connectivity index (χ0v) is 27.8. The minimum Gasteiger partial charge on any atom is -0.339 e. The van der Waals surface area contributed by atoms with E-state index < -0.39 is 35.6 Å². The number of nitrogens with one attached hydrogen (secondary N) is 2. The van der Waals surface area contributed by atoms with Gasteiger partial charge < -0.3 is 20.4 Å². The van der Waals surface area contributed by atoms with E-state index in [1.54, 1.807) is 34.8 Å². The number of carbonyl (C=O) groups is 4. The Morgan fingerprint density at radius 2 is 1.87 bits per heavy atom. The van der Waals surface area contributed by atoms with Crippen molar-refractivity contribution in [2.45, 2.75) is 70.5 Å². The summed E-state index contributed by atoms with van der Waals surface area (Å²) in [5.41, 5.74) is 0.434. The highest BCUT2D eigenvalue weighted by Gasteiger charge is 2.37. The van der Waals surface area contributed by atoms with Crippen LogP contribution in [0.15, 0.2) is 36.7 Å². The van der Waals surface area contributed by atoms with E-state index in [0.29, 0.717) is 50.5 Å². The molecule has 0 spiro atoms. The first kappa shape index (κ1) is 34.1. The molecule has 0 unspecified atom stereocenters. The van der Waals surface area contributed by atoms with Crippen molar-refractivity contribution in [3.63, 3.8) is 0 Å². The quantitative estimate of drug-likeness (QED) is 0.281. The highest BCUT2D eigenvalue weighted by atomic mass is 32.1. The number of rotatable bonds is 12. The Hall–Kier alpha value is -4.24. The number of aryl methyl sites for hydroxylation is 1. The van der Waals surface area contributed by atoms with Crippen LogP contribution < -0.4 is 15.5 Å². The first-order valence-electron chi connectivity index (χ1n) is 16.1. The number of carbonyl (C=O) groups excluding carboxylic acids is 4. The molecule has 0 bridgehead atoms. The third-order valence-corrected chi connectivity index (χ3v) is 9.93. The van der Waals surface area contributed by atoms with Crippen LogP contribution in [0.3, 0.4) is 0 Å². The number of benzene rings is 1. The fourth-order valence-electron chi connectivity index (χ4n) is 6.49. The van der Waals surface area contributed by atoms with Crippen LogP contribution in [0.2, 0.25) is 0 Å². The Kier molecular flexibility index (Phi) is 11.3. The molecule has 5 rings (SSSR count). The maximum absolute atomic E-state index is 15.8. The van der Waals surface area contributed by atoms with Gasteiger partial charge in [-0.3, -0.25) is 24.1 Å². The molecule has 1 aromatic carbocycles. The molecule has 2 N–H and O–H groups in total. The number of halogens is 1. The molecule has 2 aromatic heterocycles. The van der Waals surface area contributed by atoms with Gasteiger partial charge in [0.25, 0.3) is 5.91 Å². The van der Waals surface area contributed by atoms with Crippen molar-refractivity contribution in [3.8, 4) is 0 Å². The van der Waals surface area contributed by atoms with Crippen LogP contribution in [-0.2, 0) is 20.9 Å². The fourth-order valence-corrected chi connectivity index (χ4v) is 6.91. The maximum atomic E-state index is 15.8. The predicted molar refractivity (Wildman–Crippen MR) is 175 cm³/mol. The number of nitrogens with zero attached hydrogens (tertiary/aromatic N) is 7. The summed E-state index contributed by atoms with van der Waals surface area (Å²) in [6.45, 7) is 6.59. The van der Waals surface area contributed by atoms with E-state index in [1.165, 1.54) is 23.2 Å². The van der Waals surface area contributed by atoms with Crippen molar-refractivity contribution in [1.29, 1.82) is 0 Å². The van der Waals surface area contributed by atoms with Gasteiger partial charge in [0.1, 0.15) is 28.6 Å². The summed E-state index contributed by atoms with van der Waals surface area (Å²) in [6, 6.07) is 4.26. The Labute approximate surface area is 277 Å². The first-order chi connectivity index (χ1) is 22.7. The van der Waals surface area contributed by atoms with Gasteiger partial charge in [-0.15, -0.1) is 5.10 Å². The summed E-state index contributed by atoms with van der Waals surface area (Å²) >= 11 is 0.920. The molecule has 3 atom stereocenters. The Morgan fingerprint density at radius 3 is 2.51 bits per heavy atom. The lowest BCUT2D eigenvalue weighted by molar-refractivity contribution is -0.135. The Balaban J connectivity index is 1.38. The second-order valence-electron chi connectivity index (χ2n) is 12.2. The molecule has 3 heterocycles. The Morgan fingerprint density at radius 1 is 1.13 bits per heavy atom. The second-order valence-corrected chi connectivity index (χ2v) is 13.0. The highest BCUT2D eigenvalue weighted by Crippen LogP contribution is 2.33. The number of hydrogen-bond donors (Lipinski definition) is 2. The molecule has 3 aromatic rings. The van der Waals surface area contributed by atoms with Crippen LogP contribution in [0.5, 0.6) is 0 Å². The van der Waals surface area contributed by atoms with E-state index in [1.807, 2.05) is 14.0 Å². The lowest BCUT2D eigenvalue weighted by atomic mass is 9.82. The summed E-state index contributed by atoms with van der Waals surface area (Å²) in [6.07, 6.45) is 8.06. The summed E-state index contributed by atoms with van der Waals surface area (Å²) in [7, 11) is 1.98. The SMILES string of the molecule is CCn1nccc1N(C=O)[C@H](C(=O)Nc1ccc([C@H](C)[C@@H](NC(=O)c2cnns2)C(=O)N2CCN(C)CC2)cc1F)C1CCCCC1. The topological polar surface area (TPSA) is 146 Å². The monoisotopic (exact) mass is 667 g/mol. The molecule has 252 valence electrons. The number of amides is 4. The van der Waals surface area contributed by atoms with E-state index in [-0.39, 0.29) is 22.4 Å². The third kappa shape index (κ3) is 7.84. The van der Waals surface area contributed by atoms with Gasteiger partial charge in [-0.25, -0.2) is 9.07 Å². The van der Waals surface area contributed by atoms with Crippen LogP contribution in [0.4, 0.5) is 15.9 Å². The van der Waals surface area contributed by atoms with Gasteiger partial charge in [-0.05, 0) is 62.0 Å². The Bertz CT molecular complexity index is 1540. The smallest absolute Gasteiger partial charge is 0.265 e. The molecular weight excluding hydrogens is 625 g/mol. The standard InChI is InChI=1S/C32H42FN9O4S/c1-4-42-27(12-13-35-42)41(20-43)29(22-8-6-5-7-9-22)31(45)36-25-11-10-23(18-24(25)33)21(2)28(37-30(44)26-19-34-38-47-26)32(46)40-16-14-39(3)15-17-40/h10-13,18-22,28-29H,4-9,14-17H2,1-3H3,(H,36,45)(H,37,44)/t21-,28+,29-/m0/s1. The van der Waals surface area contributed by atoms with Gasteiger partial charge in [-0.1, -0.05) is 36.7 Å². The fraction of sp³-hybridized carbons (Fsp3) is 0.531. The normalized spacial score (nSPS) is 17.8. The minimum atomic E-state index is -0.979. The van der Waals surface area contributed by atoms with Crippen LogP contribution in [0.1, 0.15) is 67.1 Å². The van der Waals surface area contributed by atoms with Gasteiger partial charge in [0, 0.05) is 44.7 Å². The number of aromatic nitrogens is 4. The van der Waals surface area contributed by atoms with Crippen LogP contribution >= 0.6 is 11.5 Å². The van der Waals surface area contributed by atoms with Gasteiger partial charge in [0.05, 0.1) is 18.1 Å². The molecular formula is C32H42FN9O4S. The van der Waals surface area contributed by atoms with Crippen molar-refractivity contribution in [3.05, 3.63) is 52.9 Å². The molecule has 47 heavy (non-hydrogen) atoms. The van der Waals surface area contributed by atoms with Gasteiger partial charge in [0.2, 0.25) is 18.2 Å². The summed E-state index contributed by atoms with van der Waals surface area (Å²) < 4.78 is 21.2. The predicted octanol–water partition coefficient (Wildman–Crippen LogP) is 3.12. The molecule has 1 aliphatic heterocycles. The lowest BCUT2D eigenvalue weighted by Gasteiger charge is -2.36. The van der Waals surface area contributed by atoms with E-state index in [0.717, 1.165) is 43.6 Å². The van der Waals surface area contributed by atoms with Crippen molar-refractivity contribution in [2.24, 2.45) is 5.92 Å². The van der Waals surface area contributed by atoms with E-state index >= 15 is 4.39 Å². The molecule has 4 amide bonds. The highest BCUT2D eigenvalue weighted by molar-refractivity contribution is 7.07. The molecule has 2 aliphatic rings. The maximum Gasteiger partial charge on any atom is 0.265 e. The minimum absolute atomic E-state index is 0.0386. The van der Waals surface area contributed by atoms with Crippen LogP contribution in [-0.4, -0.2) is 98.6 Å². The summed E-state index contributed by atoms with van der Waals surface area (Å²) in [4.78, 5) is 58.6. The van der Waals surface area contributed by atoms with Crippen molar-refractivity contribution in [2.75, 3.05) is 43.4 Å². The molecule has 1 saturated carbocycles. The molecule has 2 fully saturated rings. The third-order valence-electron chi connectivity index (χ3n) is 9.27. The lowest BCUT2D eigenvalue weighted by Crippen LogP contribution is -2.55. The van der Waals surface area contributed by atoms with E-state index in [2.05, 4.69) is 30.2 Å². The first-order valence-corrected chi connectivity index (χ1v) is 16.9. The van der Waals surface area contributed by atoms with Crippen molar-refractivity contribution < 1.29 is 23.6 Å². The molecule has 0 radical (unpaired) electrons.